The SMILES string of the molecule is Cc1nc(CC(CNCC(C)C)c2ccccc2Cl)cs1. The predicted molar refractivity (Wildman–Crippen MR) is 92.5 cm³/mol. The average molecular weight is 323 g/mol. The van der Waals surface area contributed by atoms with Crippen LogP contribution in [-0.4, -0.2) is 18.1 Å². The summed E-state index contributed by atoms with van der Waals surface area (Å²) in [6.07, 6.45) is 0.930. The van der Waals surface area contributed by atoms with Gasteiger partial charge in [0.05, 0.1) is 10.7 Å². The second kappa shape index (κ2) is 7.92. The Hall–Kier alpha value is -0.900. The lowest BCUT2D eigenvalue weighted by atomic mass is 9.94. The number of hydrogen-bond donors (Lipinski definition) is 1. The fraction of sp³-hybridized carbons (Fsp3) is 0.471. The molecule has 2 nitrogen and oxygen atoms in total. The van der Waals surface area contributed by atoms with E-state index in [2.05, 4.69) is 48.6 Å². The second-order valence-electron chi connectivity index (χ2n) is 5.83. The zero-order valence-corrected chi connectivity index (χ0v) is 14.5. The fourth-order valence-corrected chi connectivity index (χ4v) is 3.31. The van der Waals surface area contributed by atoms with Gasteiger partial charge in [0.2, 0.25) is 0 Å². The number of benzene rings is 1. The van der Waals surface area contributed by atoms with Crippen molar-refractivity contribution in [3.63, 3.8) is 0 Å². The Bertz CT molecular complexity index is 565. The van der Waals surface area contributed by atoms with Gasteiger partial charge in [-0.1, -0.05) is 43.6 Å². The summed E-state index contributed by atoms with van der Waals surface area (Å²) in [6.45, 7) is 8.45. The maximum absolute atomic E-state index is 6.39. The van der Waals surface area contributed by atoms with Crippen LogP contribution in [0.5, 0.6) is 0 Å². The highest BCUT2D eigenvalue weighted by Gasteiger charge is 2.16. The van der Waals surface area contributed by atoms with Gasteiger partial charge in [-0.2, -0.15) is 0 Å². The maximum Gasteiger partial charge on any atom is 0.0897 e. The molecule has 0 radical (unpaired) electrons. The molecule has 0 saturated carbocycles. The van der Waals surface area contributed by atoms with Gasteiger partial charge >= 0.3 is 0 Å². The molecule has 21 heavy (non-hydrogen) atoms. The van der Waals surface area contributed by atoms with Gasteiger partial charge in [-0.05, 0) is 37.4 Å². The van der Waals surface area contributed by atoms with E-state index in [0.29, 0.717) is 11.8 Å². The molecule has 2 aromatic rings. The summed E-state index contributed by atoms with van der Waals surface area (Å²) in [5.74, 6) is 1.01. The highest BCUT2D eigenvalue weighted by Crippen LogP contribution is 2.27. The zero-order valence-electron chi connectivity index (χ0n) is 12.9. The van der Waals surface area contributed by atoms with E-state index in [1.54, 1.807) is 11.3 Å². The molecule has 0 amide bonds. The normalized spacial score (nSPS) is 12.8. The van der Waals surface area contributed by atoms with Gasteiger partial charge in [-0.25, -0.2) is 4.98 Å². The first-order chi connectivity index (χ1) is 10.1. The lowest BCUT2D eigenvalue weighted by Gasteiger charge is -2.19. The number of aryl methyl sites for hydroxylation is 1. The van der Waals surface area contributed by atoms with Crippen molar-refractivity contribution in [2.24, 2.45) is 5.92 Å². The third-order valence-corrected chi connectivity index (χ3v) is 4.58. The molecule has 0 spiro atoms. The Morgan fingerprint density at radius 2 is 2.00 bits per heavy atom. The monoisotopic (exact) mass is 322 g/mol. The Balaban J connectivity index is 2.12. The zero-order chi connectivity index (χ0) is 15.2. The molecule has 1 aromatic heterocycles. The molecule has 0 saturated heterocycles. The van der Waals surface area contributed by atoms with Crippen LogP contribution in [0.1, 0.15) is 36.0 Å². The van der Waals surface area contributed by atoms with E-state index >= 15 is 0 Å². The van der Waals surface area contributed by atoms with Crippen molar-refractivity contribution in [3.8, 4) is 0 Å². The Morgan fingerprint density at radius 1 is 1.24 bits per heavy atom. The molecule has 1 unspecified atom stereocenters. The van der Waals surface area contributed by atoms with Crippen molar-refractivity contribution < 1.29 is 0 Å². The van der Waals surface area contributed by atoms with E-state index in [1.807, 2.05) is 12.1 Å². The van der Waals surface area contributed by atoms with Crippen LogP contribution >= 0.6 is 22.9 Å². The standard InChI is InChI=1S/C17H23ClN2S/c1-12(2)9-19-10-14(8-15-11-21-13(3)20-15)16-6-4-5-7-17(16)18/h4-7,11-12,14,19H,8-10H2,1-3H3. The van der Waals surface area contributed by atoms with Crippen molar-refractivity contribution >= 4 is 22.9 Å². The number of halogens is 1. The van der Waals surface area contributed by atoms with Gasteiger partial charge in [0, 0.05) is 22.9 Å². The van der Waals surface area contributed by atoms with E-state index in [9.17, 15) is 0 Å². The first kappa shape index (κ1) is 16.5. The minimum Gasteiger partial charge on any atom is -0.316 e. The Labute approximate surface area is 136 Å². The Kier molecular flexibility index (Phi) is 6.22. The fourth-order valence-electron chi connectivity index (χ4n) is 2.40. The van der Waals surface area contributed by atoms with Crippen LogP contribution in [0.4, 0.5) is 0 Å². The molecule has 1 atom stereocenters. The highest BCUT2D eigenvalue weighted by molar-refractivity contribution is 7.09. The average Bonchev–Trinajstić information content (AvgIpc) is 2.83. The summed E-state index contributed by atoms with van der Waals surface area (Å²) in [5, 5.41) is 7.68. The van der Waals surface area contributed by atoms with E-state index < -0.39 is 0 Å². The largest absolute Gasteiger partial charge is 0.316 e. The van der Waals surface area contributed by atoms with Crippen molar-refractivity contribution in [3.05, 3.63) is 50.9 Å². The Morgan fingerprint density at radius 3 is 2.62 bits per heavy atom. The number of nitrogens with one attached hydrogen (secondary N) is 1. The smallest absolute Gasteiger partial charge is 0.0897 e. The minimum absolute atomic E-state index is 0.360. The molecular formula is C17H23ClN2S. The third-order valence-electron chi connectivity index (χ3n) is 3.41. The first-order valence-corrected chi connectivity index (χ1v) is 8.68. The molecule has 0 fully saturated rings. The quantitative estimate of drug-likeness (QED) is 0.800. The number of nitrogens with zero attached hydrogens (tertiary/aromatic N) is 1. The lowest BCUT2D eigenvalue weighted by Crippen LogP contribution is -2.26. The summed E-state index contributed by atoms with van der Waals surface area (Å²) < 4.78 is 0. The summed E-state index contributed by atoms with van der Waals surface area (Å²) in [6, 6.07) is 8.14. The van der Waals surface area contributed by atoms with Crippen molar-refractivity contribution in [2.45, 2.75) is 33.1 Å². The topological polar surface area (TPSA) is 24.9 Å². The molecule has 1 N–H and O–H groups in total. The molecule has 0 aliphatic heterocycles. The van der Waals surface area contributed by atoms with Gasteiger partial charge in [0.25, 0.3) is 0 Å². The molecule has 0 aliphatic carbocycles. The molecule has 0 aliphatic rings. The van der Waals surface area contributed by atoms with Gasteiger partial charge in [0.15, 0.2) is 0 Å². The van der Waals surface area contributed by atoms with E-state index in [1.165, 1.54) is 5.56 Å². The van der Waals surface area contributed by atoms with Gasteiger partial charge in [0.1, 0.15) is 0 Å². The van der Waals surface area contributed by atoms with Gasteiger partial charge in [-0.15, -0.1) is 11.3 Å². The van der Waals surface area contributed by atoms with Crippen molar-refractivity contribution in [1.82, 2.24) is 10.3 Å². The summed E-state index contributed by atoms with van der Waals surface area (Å²) in [5.41, 5.74) is 2.37. The van der Waals surface area contributed by atoms with Crippen molar-refractivity contribution in [1.29, 1.82) is 0 Å². The predicted octanol–water partition coefficient (Wildman–Crippen LogP) is 4.68. The van der Waals surface area contributed by atoms with E-state index in [4.69, 9.17) is 11.6 Å². The molecule has 0 bridgehead atoms. The van der Waals surface area contributed by atoms with Crippen LogP contribution in [-0.2, 0) is 6.42 Å². The van der Waals surface area contributed by atoms with E-state index in [0.717, 1.165) is 35.2 Å². The maximum atomic E-state index is 6.39. The van der Waals surface area contributed by atoms with Crippen LogP contribution in [0.25, 0.3) is 0 Å². The van der Waals surface area contributed by atoms with Crippen LogP contribution < -0.4 is 5.32 Å². The molecule has 1 heterocycles. The first-order valence-electron chi connectivity index (χ1n) is 7.42. The molecule has 4 heteroatoms. The van der Waals surface area contributed by atoms with Gasteiger partial charge < -0.3 is 5.32 Å². The number of hydrogen-bond acceptors (Lipinski definition) is 3. The number of rotatable bonds is 7. The van der Waals surface area contributed by atoms with Crippen LogP contribution in [0.3, 0.4) is 0 Å². The molecule has 2 rings (SSSR count). The summed E-state index contributed by atoms with van der Waals surface area (Å²) >= 11 is 8.10. The van der Waals surface area contributed by atoms with E-state index in [-0.39, 0.29) is 0 Å². The number of aromatic nitrogens is 1. The van der Waals surface area contributed by atoms with Crippen LogP contribution in [0.2, 0.25) is 5.02 Å². The summed E-state index contributed by atoms with van der Waals surface area (Å²) in [4.78, 5) is 4.60. The van der Waals surface area contributed by atoms with Crippen LogP contribution in [0.15, 0.2) is 29.6 Å². The minimum atomic E-state index is 0.360. The second-order valence-corrected chi connectivity index (χ2v) is 7.30. The molecular weight excluding hydrogens is 300 g/mol. The van der Waals surface area contributed by atoms with Crippen LogP contribution in [0, 0.1) is 12.8 Å². The molecule has 114 valence electrons. The molecule has 1 aromatic carbocycles. The van der Waals surface area contributed by atoms with Crippen molar-refractivity contribution in [2.75, 3.05) is 13.1 Å². The summed E-state index contributed by atoms with van der Waals surface area (Å²) in [7, 11) is 0. The highest BCUT2D eigenvalue weighted by atomic mass is 35.5. The lowest BCUT2D eigenvalue weighted by molar-refractivity contribution is 0.512. The van der Waals surface area contributed by atoms with Gasteiger partial charge in [-0.3, -0.25) is 0 Å². The number of thiazole rings is 1. The third kappa shape index (κ3) is 5.10.